The van der Waals surface area contributed by atoms with E-state index in [9.17, 15) is 5.11 Å². The van der Waals surface area contributed by atoms with E-state index in [0.29, 0.717) is 67.8 Å². The van der Waals surface area contributed by atoms with E-state index in [1.54, 1.807) is 19.4 Å². The molecule has 1 aliphatic rings. The molecule has 0 atom stereocenters. The Bertz CT molecular complexity index is 1360. The Labute approximate surface area is 214 Å². The fourth-order valence-corrected chi connectivity index (χ4v) is 4.11. The van der Waals surface area contributed by atoms with Crippen LogP contribution in [0.4, 0.5) is 29.2 Å². The molecule has 4 aromatic rings. The first-order valence-corrected chi connectivity index (χ1v) is 12.1. The van der Waals surface area contributed by atoms with E-state index in [1.165, 1.54) is 5.56 Å². The maximum Gasteiger partial charge on any atom is 0.233 e. The van der Waals surface area contributed by atoms with Crippen LogP contribution in [0.15, 0.2) is 48.7 Å². The molecule has 37 heavy (non-hydrogen) atoms. The van der Waals surface area contributed by atoms with E-state index >= 15 is 0 Å². The van der Waals surface area contributed by atoms with Gasteiger partial charge in [-0.2, -0.15) is 15.0 Å². The third-order valence-electron chi connectivity index (χ3n) is 5.98. The number of nitrogens with one attached hydrogen (secondary N) is 3. The minimum Gasteiger partial charge on any atom is -0.497 e. The number of fused-ring (bicyclic) bond motifs is 1. The summed E-state index contributed by atoms with van der Waals surface area (Å²) >= 11 is 0. The lowest BCUT2D eigenvalue weighted by molar-refractivity contribution is 0.122. The highest BCUT2D eigenvalue weighted by Gasteiger charge is 2.17. The summed E-state index contributed by atoms with van der Waals surface area (Å²) in [7, 11) is 1.59. The van der Waals surface area contributed by atoms with Gasteiger partial charge in [-0.3, -0.25) is 4.98 Å². The van der Waals surface area contributed by atoms with E-state index < -0.39 is 0 Å². The van der Waals surface area contributed by atoms with Crippen molar-refractivity contribution in [2.75, 3.05) is 60.9 Å². The molecular weight excluding hydrogens is 472 g/mol. The van der Waals surface area contributed by atoms with Crippen LogP contribution < -0.4 is 25.6 Å². The summed E-state index contributed by atoms with van der Waals surface area (Å²) < 4.78 is 10.8. The Balaban J connectivity index is 1.37. The zero-order valence-corrected chi connectivity index (χ0v) is 20.9. The van der Waals surface area contributed by atoms with Crippen molar-refractivity contribution >= 4 is 40.1 Å². The van der Waals surface area contributed by atoms with Crippen molar-refractivity contribution in [2.24, 2.45) is 0 Å². The second-order valence-corrected chi connectivity index (χ2v) is 8.64. The fourth-order valence-electron chi connectivity index (χ4n) is 4.11. The molecule has 0 spiro atoms. The van der Waals surface area contributed by atoms with E-state index in [-0.39, 0.29) is 6.61 Å². The Morgan fingerprint density at radius 1 is 1.00 bits per heavy atom. The number of hydrogen-bond donors (Lipinski definition) is 4. The SMILES string of the molecule is COc1cc(CO)cc(Nc2nc(NCNc3ccnc4cc(C)ccc34)nc(N3CCOCC3)n2)c1. The monoisotopic (exact) mass is 502 g/mol. The molecule has 0 amide bonds. The molecule has 3 heterocycles. The van der Waals surface area contributed by atoms with Crippen LogP contribution >= 0.6 is 0 Å². The summed E-state index contributed by atoms with van der Waals surface area (Å²) in [4.78, 5) is 20.4. The van der Waals surface area contributed by atoms with Gasteiger partial charge in [0, 0.05) is 42.1 Å². The smallest absolute Gasteiger partial charge is 0.233 e. The molecule has 1 saturated heterocycles. The van der Waals surface area contributed by atoms with Crippen LogP contribution in [-0.4, -0.2) is 65.1 Å². The number of methoxy groups -OCH3 is 1. The number of ether oxygens (including phenoxy) is 2. The number of aromatic nitrogens is 4. The van der Waals surface area contributed by atoms with Crippen molar-refractivity contribution in [3.05, 3.63) is 59.8 Å². The van der Waals surface area contributed by atoms with E-state index in [4.69, 9.17) is 9.47 Å². The summed E-state index contributed by atoms with van der Waals surface area (Å²) in [5, 5.41) is 20.6. The van der Waals surface area contributed by atoms with Gasteiger partial charge in [0.25, 0.3) is 0 Å². The molecule has 1 aliphatic heterocycles. The molecule has 0 bridgehead atoms. The van der Waals surface area contributed by atoms with Crippen molar-refractivity contribution in [1.29, 1.82) is 0 Å². The maximum atomic E-state index is 9.61. The van der Waals surface area contributed by atoms with Gasteiger partial charge in [-0.25, -0.2) is 0 Å². The summed E-state index contributed by atoms with van der Waals surface area (Å²) in [6, 6.07) is 13.6. The third-order valence-corrected chi connectivity index (χ3v) is 5.98. The maximum absolute atomic E-state index is 9.61. The van der Waals surface area contributed by atoms with Gasteiger partial charge in [0.1, 0.15) is 5.75 Å². The highest BCUT2D eigenvalue weighted by atomic mass is 16.5. The fraction of sp³-hybridized carbons (Fsp3) is 0.308. The minimum atomic E-state index is -0.107. The van der Waals surface area contributed by atoms with Crippen LogP contribution in [0.2, 0.25) is 0 Å². The zero-order chi connectivity index (χ0) is 25.6. The number of nitrogens with zero attached hydrogens (tertiary/aromatic N) is 5. The molecule has 11 heteroatoms. The highest BCUT2D eigenvalue weighted by Crippen LogP contribution is 2.25. The van der Waals surface area contributed by atoms with Crippen molar-refractivity contribution in [3.63, 3.8) is 0 Å². The van der Waals surface area contributed by atoms with Crippen molar-refractivity contribution in [3.8, 4) is 5.75 Å². The number of aliphatic hydroxyl groups is 1. The van der Waals surface area contributed by atoms with Crippen LogP contribution in [0.1, 0.15) is 11.1 Å². The van der Waals surface area contributed by atoms with Gasteiger partial charge < -0.3 is 35.4 Å². The molecule has 0 unspecified atom stereocenters. The second kappa shape index (κ2) is 11.2. The Kier molecular flexibility index (Phi) is 7.43. The Morgan fingerprint density at radius 3 is 2.65 bits per heavy atom. The first kappa shape index (κ1) is 24.5. The van der Waals surface area contributed by atoms with E-state index in [0.717, 1.165) is 16.6 Å². The average Bonchev–Trinajstić information content (AvgIpc) is 2.93. The lowest BCUT2D eigenvalue weighted by Gasteiger charge is -2.27. The van der Waals surface area contributed by atoms with Crippen molar-refractivity contribution < 1.29 is 14.6 Å². The van der Waals surface area contributed by atoms with Gasteiger partial charge >= 0.3 is 0 Å². The van der Waals surface area contributed by atoms with Crippen molar-refractivity contribution in [1.82, 2.24) is 19.9 Å². The van der Waals surface area contributed by atoms with Crippen LogP contribution in [0.5, 0.6) is 5.75 Å². The van der Waals surface area contributed by atoms with Gasteiger partial charge in [0.05, 0.1) is 39.1 Å². The van der Waals surface area contributed by atoms with E-state index in [2.05, 4.69) is 65.9 Å². The van der Waals surface area contributed by atoms with Gasteiger partial charge in [-0.05, 0) is 42.3 Å². The van der Waals surface area contributed by atoms with Gasteiger partial charge in [-0.1, -0.05) is 12.1 Å². The molecule has 1 fully saturated rings. The summed E-state index contributed by atoms with van der Waals surface area (Å²) in [5.41, 5.74) is 4.48. The number of aryl methyl sites for hydroxylation is 1. The number of pyridine rings is 1. The normalized spacial score (nSPS) is 13.4. The van der Waals surface area contributed by atoms with Gasteiger partial charge in [0.15, 0.2) is 0 Å². The molecule has 0 saturated carbocycles. The van der Waals surface area contributed by atoms with Crippen LogP contribution in [0.25, 0.3) is 10.9 Å². The third kappa shape index (κ3) is 5.96. The van der Waals surface area contributed by atoms with Crippen LogP contribution in [0, 0.1) is 6.92 Å². The Morgan fingerprint density at radius 2 is 1.84 bits per heavy atom. The topological polar surface area (TPSA) is 130 Å². The average molecular weight is 503 g/mol. The molecule has 11 nitrogen and oxygen atoms in total. The molecule has 192 valence electrons. The highest BCUT2D eigenvalue weighted by molar-refractivity contribution is 5.91. The number of hydrogen-bond acceptors (Lipinski definition) is 11. The van der Waals surface area contributed by atoms with Crippen LogP contribution in [0.3, 0.4) is 0 Å². The summed E-state index contributed by atoms with van der Waals surface area (Å²) in [5.74, 6) is 1.98. The van der Waals surface area contributed by atoms with Gasteiger partial charge in [-0.15, -0.1) is 0 Å². The number of morpholine rings is 1. The largest absolute Gasteiger partial charge is 0.497 e. The lowest BCUT2D eigenvalue weighted by Crippen LogP contribution is -2.37. The van der Waals surface area contributed by atoms with Crippen LogP contribution in [-0.2, 0) is 11.3 Å². The number of benzene rings is 2. The number of aliphatic hydroxyl groups excluding tert-OH is 1. The first-order valence-electron chi connectivity index (χ1n) is 12.1. The Hall–Kier alpha value is -4.22. The summed E-state index contributed by atoms with van der Waals surface area (Å²) in [6.45, 7) is 4.95. The van der Waals surface area contributed by atoms with E-state index in [1.807, 2.05) is 18.2 Å². The number of anilines is 5. The quantitative estimate of drug-likeness (QED) is 0.252. The summed E-state index contributed by atoms with van der Waals surface area (Å²) in [6.07, 6.45) is 1.79. The molecule has 0 aliphatic carbocycles. The molecule has 4 N–H and O–H groups in total. The predicted octanol–water partition coefficient (Wildman–Crippen LogP) is 3.29. The lowest BCUT2D eigenvalue weighted by atomic mass is 10.1. The number of rotatable bonds is 9. The zero-order valence-electron chi connectivity index (χ0n) is 20.9. The molecule has 2 aromatic carbocycles. The molecular formula is C26H30N8O3. The standard InChI is InChI=1S/C26H30N8O3/c1-17-3-4-21-22(5-6-27-23(21)11-17)28-16-29-24-31-25(33-26(32-24)34-7-9-37-10-8-34)30-19-12-18(15-35)13-20(14-19)36-2/h3-6,11-14,35H,7-10,15-16H2,1-2H3,(H,27,28)(H2,29,30,31,32,33). The predicted molar refractivity (Wildman–Crippen MR) is 144 cm³/mol. The molecule has 2 aromatic heterocycles. The first-order chi connectivity index (χ1) is 18.1. The van der Waals surface area contributed by atoms with Gasteiger partial charge in [0.2, 0.25) is 17.8 Å². The second-order valence-electron chi connectivity index (χ2n) is 8.64. The minimum absolute atomic E-state index is 0.107. The van der Waals surface area contributed by atoms with Crippen molar-refractivity contribution in [2.45, 2.75) is 13.5 Å². The molecule has 5 rings (SSSR count). The molecule has 0 radical (unpaired) electrons.